The summed E-state index contributed by atoms with van der Waals surface area (Å²) in [6.07, 6.45) is 2.60. The van der Waals surface area contributed by atoms with E-state index in [1.54, 1.807) is 0 Å². The largest absolute Gasteiger partial charge is 0.352 e. The third kappa shape index (κ3) is 3.99. The van der Waals surface area contributed by atoms with Crippen LogP contribution in [-0.2, 0) is 17.8 Å². The number of hydrogen-bond acceptors (Lipinski definition) is 2. The molecule has 1 saturated heterocycles. The number of piperidine rings is 1. The smallest absolute Gasteiger partial charge is 0.226 e. The average Bonchev–Trinajstić information content (AvgIpc) is 2.62. The van der Waals surface area contributed by atoms with Gasteiger partial charge in [-0.3, -0.25) is 4.79 Å². The van der Waals surface area contributed by atoms with Crippen LogP contribution in [0.15, 0.2) is 60.7 Å². The molecule has 0 aliphatic carbocycles. The number of carbonyl (C=O) groups excluding carboxylic acids is 1. The molecule has 0 spiro atoms. The third-order valence-electron chi connectivity index (χ3n) is 4.72. The second-order valence-corrected chi connectivity index (χ2v) is 6.36. The molecule has 0 saturated carbocycles. The fourth-order valence-electron chi connectivity index (χ4n) is 3.34. The molecule has 23 heavy (non-hydrogen) atoms. The SMILES string of the molecule is O=C(NCc1ccccc1)C1(Cc2ccccc2)CCNCC1. The summed E-state index contributed by atoms with van der Waals surface area (Å²) in [4.78, 5) is 13.0. The normalized spacial score (nSPS) is 16.7. The number of amides is 1. The Morgan fingerprint density at radius 1 is 0.913 bits per heavy atom. The van der Waals surface area contributed by atoms with Crippen LogP contribution in [0.4, 0.5) is 0 Å². The van der Waals surface area contributed by atoms with Gasteiger partial charge >= 0.3 is 0 Å². The minimum absolute atomic E-state index is 0.187. The van der Waals surface area contributed by atoms with Crippen LogP contribution in [0.5, 0.6) is 0 Å². The zero-order valence-electron chi connectivity index (χ0n) is 13.4. The molecule has 3 nitrogen and oxygen atoms in total. The highest BCUT2D eigenvalue weighted by Gasteiger charge is 2.39. The molecule has 0 bridgehead atoms. The Morgan fingerprint density at radius 2 is 1.48 bits per heavy atom. The Balaban J connectivity index is 1.71. The zero-order chi connectivity index (χ0) is 16.0. The molecule has 0 atom stereocenters. The standard InChI is InChI=1S/C20H24N2O/c23-19(22-16-18-9-5-2-6-10-18)20(11-13-21-14-12-20)15-17-7-3-1-4-8-17/h1-10,21H,11-16H2,(H,22,23). The quantitative estimate of drug-likeness (QED) is 0.892. The van der Waals surface area contributed by atoms with Crippen molar-refractivity contribution in [2.75, 3.05) is 13.1 Å². The molecule has 2 N–H and O–H groups in total. The number of hydrogen-bond donors (Lipinski definition) is 2. The van der Waals surface area contributed by atoms with Crippen LogP contribution >= 0.6 is 0 Å². The Hall–Kier alpha value is -2.13. The van der Waals surface area contributed by atoms with Crippen LogP contribution < -0.4 is 10.6 Å². The Morgan fingerprint density at radius 3 is 2.09 bits per heavy atom. The predicted octanol–water partition coefficient (Wildman–Crippen LogP) is 2.92. The minimum atomic E-state index is -0.290. The lowest BCUT2D eigenvalue weighted by atomic mass is 9.73. The highest BCUT2D eigenvalue weighted by atomic mass is 16.2. The Labute approximate surface area is 138 Å². The maximum Gasteiger partial charge on any atom is 0.226 e. The van der Waals surface area contributed by atoms with Gasteiger partial charge in [-0.15, -0.1) is 0 Å². The fourth-order valence-corrected chi connectivity index (χ4v) is 3.34. The summed E-state index contributed by atoms with van der Waals surface area (Å²) in [5, 5.41) is 6.54. The van der Waals surface area contributed by atoms with Gasteiger partial charge in [0.15, 0.2) is 0 Å². The molecule has 1 amide bonds. The molecule has 0 unspecified atom stereocenters. The van der Waals surface area contributed by atoms with E-state index in [2.05, 4.69) is 22.8 Å². The van der Waals surface area contributed by atoms with Gasteiger partial charge in [0.1, 0.15) is 0 Å². The van der Waals surface area contributed by atoms with Gasteiger partial charge in [0.05, 0.1) is 5.41 Å². The molecule has 1 fully saturated rings. The van der Waals surface area contributed by atoms with Crippen LogP contribution in [0.2, 0.25) is 0 Å². The lowest BCUT2D eigenvalue weighted by molar-refractivity contribution is -0.132. The number of rotatable bonds is 5. The van der Waals surface area contributed by atoms with Crippen molar-refractivity contribution in [2.45, 2.75) is 25.8 Å². The van der Waals surface area contributed by atoms with Crippen molar-refractivity contribution >= 4 is 5.91 Å². The number of nitrogens with one attached hydrogen (secondary N) is 2. The zero-order valence-corrected chi connectivity index (χ0v) is 13.4. The second kappa shape index (κ2) is 7.42. The van der Waals surface area contributed by atoms with Gasteiger partial charge in [-0.1, -0.05) is 60.7 Å². The van der Waals surface area contributed by atoms with E-state index < -0.39 is 0 Å². The van der Waals surface area contributed by atoms with Gasteiger partial charge in [-0.05, 0) is 43.5 Å². The molecule has 120 valence electrons. The van der Waals surface area contributed by atoms with Crippen molar-refractivity contribution in [3.63, 3.8) is 0 Å². The van der Waals surface area contributed by atoms with Gasteiger partial charge in [-0.25, -0.2) is 0 Å². The van der Waals surface area contributed by atoms with Crippen molar-refractivity contribution < 1.29 is 4.79 Å². The van der Waals surface area contributed by atoms with Gasteiger partial charge < -0.3 is 10.6 Å². The molecule has 1 heterocycles. The van der Waals surface area contributed by atoms with Crippen molar-refractivity contribution in [1.29, 1.82) is 0 Å². The summed E-state index contributed by atoms with van der Waals surface area (Å²) >= 11 is 0. The van der Waals surface area contributed by atoms with E-state index in [0.717, 1.165) is 37.9 Å². The molecule has 0 aromatic heterocycles. The number of benzene rings is 2. The first-order valence-corrected chi connectivity index (χ1v) is 8.35. The molecule has 0 radical (unpaired) electrons. The van der Waals surface area contributed by atoms with Crippen LogP contribution in [0, 0.1) is 5.41 Å². The Kier molecular flexibility index (Phi) is 5.09. The van der Waals surface area contributed by atoms with Crippen LogP contribution in [0.25, 0.3) is 0 Å². The van der Waals surface area contributed by atoms with Crippen LogP contribution in [0.1, 0.15) is 24.0 Å². The topological polar surface area (TPSA) is 41.1 Å². The first-order chi connectivity index (χ1) is 11.3. The van der Waals surface area contributed by atoms with Crippen molar-refractivity contribution in [1.82, 2.24) is 10.6 Å². The summed E-state index contributed by atoms with van der Waals surface area (Å²) < 4.78 is 0. The first kappa shape index (κ1) is 15.8. The van der Waals surface area contributed by atoms with Crippen molar-refractivity contribution in [3.05, 3.63) is 71.8 Å². The van der Waals surface area contributed by atoms with Gasteiger partial charge in [-0.2, -0.15) is 0 Å². The third-order valence-corrected chi connectivity index (χ3v) is 4.72. The highest BCUT2D eigenvalue weighted by Crippen LogP contribution is 2.33. The summed E-state index contributed by atoms with van der Waals surface area (Å²) in [7, 11) is 0. The monoisotopic (exact) mass is 308 g/mol. The van der Waals surface area contributed by atoms with E-state index in [-0.39, 0.29) is 11.3 Å². The Bertz CT molecular complexity index is 619. The van der Waals surface area contributed by atoms with Gasteiger partial charge in [0.2, 0.25) is 5.91 Å². The minimum Gasteiger partial charge on any atom is -0.352 e. The second-order valence-electron chi connectivity index (χ2n) is 6.36. The lowest BCUT2D eigenvalue weighted by Gasteiger charge is -2.36. The molecular formula is C20H24N2O. The molecule has 3 heteroatoms. The highest BCUT2D eigenvalue weighted by molar-refractivity contribution is 5.83. The van der Waals surface area contributed by atoms with Crippen LogP contribution in [0.3, 0.4) is 0 Å². The van der Waals surface area contributed by atoms with E-state index in [0.29, 0.717) is 6.54 Å². The maximum atomic E-state index is 13.0. The van der Waals surface area contributed by atoms with Crippen LogP contribution in [-0.4, -0.2) is 19.0 Å². The average molecular weight is 308 g/mol. The van der Waals surface area contributed by atoms with E-state index in [1.807, 2.05) is 48.5 Å². The van der Waals surface area contributed by atoms with Crippen molar-refractivity contribution in [2.24, 2.45) is 5.41 Å². The van der Waals surface area contributed by atoms with E-state index >= 15 is 0 Å². The number of carbonyl (C=O) groups is 1. The van der Waals surface area contributed by atoms with E-state index in [1.165, 1.54) is 5.56 Å². The molecule has 3 rings (SSSR count). The van der Waals surface area contributed by atoms with E-state index in [9.17, 15) is 4.79 Å². The van der Waals surface area contributed by atoms with Crippen molar-refractivity contribution in [3.8, 4) is 0 Å². The summed E-state index contributed by atoms with van der Waals surface area (Å²) in [5.41, 5.74) is 2.09. The molecule has 2 aromatic rings. The molecular weight excluding hydrogens is 284 g/mol. The van der Waals surface area contributed by atoms with Gasteiger partial charge in [0.25, 0.3) is 0 Å². The maximum absolute atomic E-state index is 13.0. The summed E-state index contributed by atoms with van der Waals surface area (Å²) in [6.45, 7) is 2.42. The molecule has 2 aromatic carbocycles. The van der Waals surface area contributed by atoms with E-state index in [4.69, 9.17) is 0 Å². The summed E-state index contributed by atoms with van der Waals surface area (Å²) in [6, 6.07) is 20.5. The fraction of sp³-hybridized carbons (Fsp3) is 0.350. The first-order valence-electron chi connectivity index (χ1n) is 8.35. The lowest BCUT2D eigenvalue weighted by Crippen LogP contribution is -2.48. The molecule has 1 aliphatic rings. The summed E-state index contributed by atoms with van der Waals surface area (Å²) in [5.74, 6) is 0.187. The predicted molar refractivity (Wildman–Crippen MR) is 93.0 cm³/mol. The molecule has 1 aliphatic heterocycles. The van der Waals surface area contributed by atoms with Gasteiger partial charge in [0, 0.05) is 6.54 Å².